The monoisotopic (exact) mass is 446 g/mol. The molecule has 0 saturated carbocycles. The van der Waals surface area contributed by atoms with Crippen LogP contribution in [0.4, 0.5) is 5.69 Å². The minimum atomic E-state index is -3.93. The zero-order valence-corrected chi connectivity index (χ0v) is 19.2. The predicted molar refractivity (Wildman–Crippen MR) is 122 cm³/mol. The van der Waals surface area contributed by atoms with Crippen molar-refractivity contribution >= 4 is 27.7 Å². The van der Waals surface area contributed by atoms with Gasteiger partial charge in [-0.1, -0.05) is 48.5 Å². The lowest BCUT2D eigenvalue weighted by molar-refractivity contribution is -0.139. The fourth-order valence-corrected chi connectivity index (χ4v) is 4.05. The molecule has 0 unspecified atom stereocenters. The summed E-state index contributed by atoms with van der Waals surface area (Å²) in [5.74, 6) is -0.773. The van der Waals surface area contributed by atoms with E-state index in [2.05, 4.69) is 5.32 Å². The number of hydrogen-bond donors (Lipinski definition) is 1. The number of benzene rings is 2. The standard InChI is InChI=1S/C22H30N4O4S/c1-5-23-22(28)18(2)25(16-19-12-8-6-9-13-19)21(27)17-26(31(29,30)24(3)4)20-14-10-7-11-15-20/h6-15,18H,5,16-17H2,1-4H3,(H,23,28)/t18-/m1/s1. The molecule has 9 heteroatoms. The second-order valence-corrected chi connectivity index (χ2v) is 9.28. The van der Waals surface area contributed by atoms with E-state index >= 15 is 0 Å². The fourth-order valence-electron chi connectivity index (χ4n) is 3.00. The Kier molecular flexibility index (Phi) is 8.58. The number of carbonyl (C=O) groups is 2. The Balaban J connectivity index is 2.39. The SMILES string of the molecule is CCNC(=O)[C@@H](C)N(Cc1ccccc1)C(=O)CN(c1ccccc1)S(=O)(=O)N(C)C. The van der Waals surface area contributed by atoms with E-state index in [4.69, 9.17) is 0 Å². The number of carbonyl (C=O) groups excluding carboxylic acids is 2. The number of hydrogen-bond acceptors (Lipinski definition) is 4. The summed E-state index contributed by atoms with van der Waals surface area (Å²) in [5, 5.41) is 2.73. The number of anilines is 1. The van der Waals surface area contributed by atoms with Crippen LogP contribution in [0.15, 0.2) is 60.7 Å². The summed E-state index contributed by atoms with van der Waals surface area (Å²) in [7, 11) is -1.11. The maximum atomic E-state index is 13.4. The Bertz CT molecular complexity index is 966. The number of amides is 2. The third-order valence-electron chi connectivity index (χ3n) is 4.78. The van der Waals surface area contributed by atoms with Crippen LogP contribution in [0, 0.1) is 0 Å². The van der Waals surface area contributed by atoms with Crippen LogP contribution in [0.3, 0.4) is 0 Å². The largest absolute Gasteiger partial charge is 0.355 e. The smallest absolute Gasteiger partial charge is 0.304 e. The molecule has 2 aromatic rings. The summed E-state index contributed by atoms with van der Waals surface area (Å²) in [4.78, 5) is 27.3. The Morgan fingerprint density at radius 2 is 1.52 bits per heavy atom. The van der Waals surface area contributed by atoms with Gasteiger partial charge in [-0.2, -0.15) is 12.7 Å². The second kappa shape index (κ2) is 10.9. The van der Waals surface area contributed by atoms with Gasteiger partial charge in [0.1, 0.15) is 12.6 Å². The average molecular weight is 447 g/mol. The number of nitrogens with zero attached hydrogens (tertiary/aromatic N) is 3. The molecule has 168 valence electrons. The molecule has 0 aromatic heterocycles. The fraction of sp³-hybridized carbons (Fsp3) is 0.364. The second-order valence-electron chi connectivity index (χ2n) is 7.21. The molecule has 0 heterocycles. The number of rotatable bonds is 10. The van der Waals surface area contributed by atoms with Gasteiger partial charge in [0.25, 0.3) is 0 Å². The highest BCUT2D eigenvalue weighted by Gasteiger charge is 2.32. The lowest BCUT2D eigenvalue weighted by Crippen LogP contribution is -2.52. The summed E-state index contributed by atoms with van der Waals surface area (Å²) in [6.45, 7) is 3.62. The molecule has 2 rings (SSSR count). The minimum absolute atomic E-state index is 0.183. The summed E-state index contributed by atoms with van der Waals surface area (Å²) >= 11 is 0. The summed E-state index contributed by atoms with van der Waals surface area (Å²) in [6.07, 6.45) is 0. The first-order valence-corrected chi connectivity index (χ1v) is 11.4. The minimum Gasteiger partial charge on any atom is -0.355 e. The van der Waals surface area contributed by atoms with Crippen molar-refractivity contribution in [1.29, 1.82) is 0 Å². The molecule has 0 aliphatic heterocycles. The highest BCUT2D eigenvalue weighted by molar-refractivity contribution is 7.90. The van der Waals surface area contributed by atoms with Crippen LogP contribution in [0.5, 0.6) is 0 Å². The van der Waals surface area contributed by atoms with Crippen molar-refractivity contribution in [3.05, 3.63) is 66.2 Å². The molecule has 1 atom stereocenters. The van der Waals surface area contributed by atoms with Crippen LogP contribution in [-0.4, -0.2) is 62.7 Å². The molecule has 0 bridgehead atoms. The van der Waals surface area contributed by atoms with Gasteiger partial charge in [0.2, 0.25) is 11.8 Å². The highest BCUT2D eigenvalue weighted by Crippen LogP contribution is 2.20. The van der Waals surface area contributed by atoms with Crippen molar-refractivity contribution in [3.8, 4) is 0 Å². The van der Waals surface area contributed by atoms with E-state index < -0.39 is 28.7 Å². The van der Waals surface area contributed by atoms with E-state index in [-0.39, 0.29) is 12.5 Å². The zero-order chi connectivity index (χ0) is 23.0. The van der Waals surface area contributed by atoms with Crippen molar-refractivity contribution in [3.63, 3.8) is 0 Å². The molecule has 31 heavy (non-hydrogen) atoms. The zero-order valence-electron chi connectivity index (χ0n) is 18.4. The first-order chi connectivity index (χ1) is 14.7. The molecule has 2 aromatic carbocycles. The quantitative estimate of drug-likeness (QED) is 0.603. The lowest BCUT2D eigenvalue weighted by Gasteiger charge is -2.32. The van der Waals surface area contributed by atoms with Crippen LogP contribution in [0.25, 0.3) is 0 Å². The molecule has 8 nitrogen and oxygen atoms in total. The van der Waals surface area contributed by atoms with Crippen LogP contribution in [0.2, 0.25) is 0 Å². The van der Waals surface area contributed by atoms with Gasteiger partial charge in [-0.05, 0) is 31.5 Å². The molecule has 1 N–H and O–H groups in total. The molecule has 0 aliphatic rings. The van der Waals surface area contributed by atoms with E-state index in [1.807, 2.05) is 30.3 Å². The van der Waals surface area contributed by atoms with Gasteiger partial charge in [-0.15, -0.1) is 0 Å². The molecule has 0 fully saturated rings. The van der Waals surface area contributed by atoms with Crippen molar-refractivity contribution in [2.24, 2.45) is 0 Å². The van der Waals surface area contributed by atoms with Crippen LogP contribution >= 0.6 is 0 Å². The van der Waals surface area contributed by atoms with Gasteiger partial charge < -0.3 is 10.2 Å². The molecular formula is C22H30N4O4S. The predicted octanol–water partition coefficient (Wildman–Crippen LogP) is 1.85. The van der Waals surface area contributed by atoms with Gasteiger partial charge in [-0.25, -0.2) is 4.31 Å². The Hall–Kier alpha value is -2.91. The van der Waals surface area contributed by atoms with E-state index in [0.717, 1.165) is 14.2 Å². The average Bonchev–Trinajstić information content (AvgIpc) is 2.76. The molecule has 0 spiro atoms. The van der Waals surface area contributed by atoms with Gasteiger partial charge in [-0.3, -0.25) is 9.59 Å². The van der Waals surface area contributed by atoms with E-state index in [9.17, 15) is 18.0 Å². The van der Waals surface area contributed by atoms with Crippen LogP contribution < -0.4 is 9.62 Å². The van der Waals surface area contributed by atoms with Gasteiger partial charge in [0.15, 0.2) is 0 Å². The molecular weight excluding hydrogens is 416 g/mol. The van der Waals surface area contributed by atoms with Crippen molar-refractivity contribution in [2.45, 2.75) is 26.4 Å². The van der Waals surface area contributed by atoms with Crippen LogP contribution in [-0.2, 0) is 26.3 Å². The number of nitrogens with one attached hydrogen (secondary N) is 1. The maximum Gasteiger partial charge on any atom is 0.304 e. The Morgan fingerprint density at radius 1 is 0.968 bits per heavy atom. The van der Waals surface area contributed by atoms with E-state index in [1.54, 1.807) is 44.2 Å². The topological polar surface area (TPSA) is 90.0 Å². The van der Waals surface area contributed by atoms with E-state index in [1.165, 1.54) is 19.0 Å². The first-order valence-electron chi connectivity index (χ1n) is 10.0. The third-order valence-corrected chi connectivity index (χ3v) is 6.60. The molecule has 0 radical (unpaired) electrons. The number of likely N-dealkylation sites (N-methyl/N-ethyl adjacent to an activating group) is 1. The van der Waals surface area contributed by atoms with Crippen LogP contribution in [0.1, 0.15) is 19.4 Å². The molecule has 2 amide bonds. The third kappa shape index (κ3) is 6.28. The normalized spacial score (nSPS) is 12.3. The van der Waals surface area contributed by atoms with Gasteiger partial charge >= 0.3 is 10.2 Å². The first kappa shape index (κ1) is 24.4. The van der Waals surface area contributed by atoms with Crippen molar-refractivity contribution in [1.82, 2.24) is 14.5 Å². The highest BCUT2D eigenvalue weighted by atomic mass is 32.2. The van der Waals surface area contributed by atoms with Gasteiger partial charge in [0, 0.05) is 27.2 Å². The number of para-hydroxylation sites is 1. The molecule has 0 saturated heterocycles. The van der Waals surface area contributed by atoms with Crippen molar-refractivity contribution in [2.75, 3.05) is 31.5 Å². The van der Waals surface area contributed by atoms with Gasteiger partial charge in [0.05, 0.1) is 5.69 Å². The summed E-state index contributed by atoms with van der Waals surface area (Å²) in [6, 6.07) is 16.9. The Morgan fingerprint density at radius 3 is 2.03 bits per heavy atom. The lowest BCUT2D eigenvalue weighted by atomic mass is 10.1. The van der Waals surface area contributed by atoms with Crippen molar-refractivity contribution < 1.29 is 18.0 Å². The summed E-state index contributed by atoms with van der Waals surface area (Å²) < 4.78 is 28.0. The molecule has 0 aliphatic carbocycles. The maximum absolute atomic E-state index is 13.4. The Labute approximate surface area is 184 Å². The summed E-state index contributed by atoms with van der Waals surface area (Å²) in [5.41, 5.74) is 1.21. The van der Waals surface area contributed by atoms with E-state index in [0.29, 0.717) is 12.2 Å².